The largest absolute Gasteiger partial charge is 0.465 e. The quantitative estimate of drug-likeness (QED) is 0.789. The van der Waals surface area contributed by atoms with Crippen LogP contribution in [0, 0.1) is 0 Å². The summed E-state index contributed by atoms with van der Waals surface area (Å²) in [5, 5.41) is 6.04. The van der Waals surface area contributed by atoms with E-state index in [1.807, 2.05) is 12.1 Å². The minimum Gasteiger partial charge on any atom is -0.465 e. The Labute approximate surface area is 112 Å². The van der Waals surface area contributed by atoms with E-state index in [2.05, 4.69) is 15.4 Å². The third kappa shape index (κ3) is 3.54. The lowest BCUT2D eigenvalue weighted by atomic mass is 10.1. The zero-order valence-corrected chi connectivity index (χ0v) is 10.9. The van der Waals surface area contributed by atoms with Gasteiger partial charge >= 0.3 is 5.97 Å². The molecular formula is C14H18N2O3. The highest BCUT2D eigenvalue weighted by atomic mass is 16.5. The Morgan fingerprint density at radius 2 is 2.11 bits per heavy atom. The summed E-state index contributed by atoms with van der Waals surface area (Å²) in [4.78, 5) is 23.1. The molecule has 0 saturated carbocycles. The van der Waals surface area contributed by atoms with Crippen molar-refractivity contribution in [3.05, 3.63) is 35.4 Å². The van der Waals surface area contributed by atoms with Crippen LogP contribution in [0.3, 0.4) is 0 Å². The molecule has 0 radical (unpaired) electrons. The molecule has 5 nitrogen and oxygen atoms in total. The van der Waals surface area contributed by atoms with Crippen molar-refractivity contribution in [3.8, 4) is 0 Å². The Morgan fingerprint density at radius 3 is 2.68 bits per heavy atom. The van der Waals surface area contributed by atoms with Gasteiger partial charge in [-0.15, -0.1) is 0 Å². The van der Waals surface area contributed by atoms with Crippen LogP contribution in [0.25, 0.3) is 0 Å². The number of methoxy groups -OCH3 is 1. The fourth-order valence-electron chi connectivity index (χ4n) is 2.10. The summed E-state index contributed by atoms with van der Waals surface area (Å²) in [5.41, 5.74) is 1.47. The highest BCUT2D eigenvalue weighted by Crippen LogP contribution is 2.07. The average Bonchev–Trinajstić information content (AvgIpc) is 2.98. The Hall–Kier alpha value is -1.88. The number of benzene rings is 1. The fourth-order valence-corrected chi connectivity index (χ4v) is 2.10. The maximum atomic E-state index is 11.8. The Balaban J connectivity index is 1.85. The number of nitrogens with one attached hydrogen (secondary N) is 2. The maximum absolute atomic E-state index is 11.8. The molecule has 0 aromatic heterocycles. The second-order valence-electron chi connectivity index (χ2n) is 4.56. The molecule has 5 heteroatoms. The highest BCUT2D eigenvalue weighted by molar-refractivity contribution is 5.89. The van der Waals surface area contributed by atoms with E-state index in [1.165, 1.54) is 7.11 Å². The molecule has 1 aliphatic rings. The highest BCUT2D eigenvalue weighted by Gasteiger charge is 2.21. The van der Waals surface area contributed by atoms with Gasteiger partial charge in [0.1, 0.15) is 0 Å². The SMILES string of the molecule is COC(=O)c1ccc(CNC(=O)[C@@H]2CCCN2)cc1. The first-order valence-corrected chi connectivity index (χ1v) is 6.39. The molecule has 2 rings (SSSR count). The van der Waals surface area contributed by atoms with Gasteiger partial charge in [0.05, 0.1) is 18.7 Å². The van der Waals surface area contributed by atoms with Gasteiger partial charge in [-0.1, -0.05) is 12.1 Å². The predicted octanol–water partition coefficient (Wildman–Crippen LogP) is 0.841. The van der Waals surface area contributed by atoms with Crippen molar-refractivity contribution in [1.82, 2.24) is 10.6 Å². The van der Waals surface area contributed by atoms with Crippen LogP contribution in [-0.4, -0.2) is 31.6 Å². The number of hydrogen-bond donors (Lipinski definition) is 2. The summed E-state index contributed by atoms with van der Waals surface area (Å²) in [6, 6.07) is 6.96. The van der Waals surface area contributed by atoms with E-state index in [0.717, 1.165) is 24.9 Å². The van der Waals surface area contributed by atoms with Gasteiger partial charge in [0.15, 0.2) is 0 Å². The van der Waals surface area contributed by atoms with Crippen molar-refractivity contribution in [2.45, 2.75) is 25.4 Å². The molecule has 1 aromatic rings. The van der Waals surface area contributed by atoms with E-state index in [9.17, 15) is 9.59 Å². The van der Waals surface area contributed by atoms with Gasteiger partial charge in [0.25, 0.3) is 0 Å². The van der Waals surface area contributed by atoms with Crippen LogP contribution in [0.15, 0.2) is 24.3 Å². The molecule has 0 unspecified atom stereocenters. The summed E-state index contributed by atoms with van der Waals surface area (Å²) in [5.74, 6) is -0.319. The first-order chi connectivity index (χ1) is 9.20. The van der Waals surface area contributed by atoms with Crippen molar-refractivity contribution in [1.29, 1.82) is 0 Å². The molecule has 1 heterocycles. The van der Waals surface area contributed by atoms with Gasteiger partial charge in [-0.2, -0.15) is 0 Å². The van der Waals surface area contributed by atoms with Crippen LogP contribution >= 0.6 is 0 Å². The van der Waals surface area contributed by atoms with Gasteiger partial charge < -0.3 is 15.4 Å². The molecule has 1 aromatic carbocycles. The third-order valence-electron chi connectivity index (χ3n) is 3.22. The Bertz CT molecular complexity index is 450. The second-order valence-corrected chi connectivity index (χ2v) is 4.56. The number of carbonyl (C=O) groups excluding carboxylic acids is 2. The summed E-state index contributed by atoms with van der Waals surface area (Å²) in [7, 11) is 1.35. The number of ether oxygens (including phenoxy) is 1. The zero-order chi connectivity index (χ0) is 13.7. The molecule has 1 amide bonds. The summed E-state index contributed by atoms with van der Waals surface area (Å²) in [6.45, 7) is 1.38. The van der Waals surface area contributed by atoms with E-state index in [4.69, 9.17) is 0 Å². The number of esters is 1. The van der Waals surface area contributed by atoms with Gasteiger partial charge in [-0.25, -0.2) is 4.79 Å². The molecule has 1 saturated heterocycles. The molecule has 0 aliphatic carbocycles. The lowest BCUT2D eigenvalue weighted by Gasteiger charge is -2.11. The Kier molecular flexibility index (Phi) is 4.52. The zero-order valence-electron chi connectivity index (χ0n) is 10.9. The van der Waals surface area contributed by atoms with Crippen LogP contribution in [0.4, 0.5) is 0 Å². The minimum absolute atomic E-state index is 0.0366. The number of amides is 1. The van der Waals surface area contributed by atoms with Gasteiger partial charge in [0, 0.05) is 6.54 Å². The van der Waals surface area contributed by atoms with E-state index in [1.54, 1.807) is 12.1 Å². The van der Waals surface area contributed by atoms with Crippen LogP contribution in [-0.2, 0) is 16.1 Å². The molecule has 1 aliphatic heterocycles. The normalized spacial score (nSPS) is 18.1. The van der Waals surface area contributed by atoms with Crippen LogP contribution in [0.5, 0.6) is 0 Å². The number of carbonyl (C=O) groups is 2. The van der Waals surface area contributed by atoms with E-state index in [-0.39, 0.29) is 17.9 Å². The lowest BCUT2D eigenvalue weighted by molar-refractivity contribution is -0.122. The predicted molar refractivity (Wildman–Crippen MR) is 70.7 cm³/mol. The van der Waals surface area contributed by atoms with Crippen molar-refractivity contribution in [2.24, 2.45) is 0 Å². The molecular weight excluding hydrogens is 244 g/mol. The molecule has 19 heavy (non-hydrogen) atoms. The van der Waals surface area contributed by atoms with E-state index in [0.29, 0.717) is 12.1 Å². The molecule has 102 valence electrons. The van der Waals surface area contributed by atoms with Gasteiger partial charge in [-0.3, -0.25) is 4.79 Å². The minimum atomic E-state index is -0.356. The summed E-state index contributed by atoms with van der Waals surface area (Å²) in [6.07, 6.45) is 1.94. The average molecular weight is 262 g/mol. The van der Waals surface area contributed by atoms with Crippen LogP contribution < -0.4 is 10.6 Å². The standard InChI is InChI=1S/C14H18N2O3/c1-19-14(18)11-6-4-10(5-7-11)9-16-13(17)12-3-2-8-15-12/h4-7,12,15H,2-3,8-9H2,1H3,(H,16,17)/t12-/m0/s1. The van der Waals surface area contributed by atoms with Crippen molar-refractivity contribution >= 4 is 11.9 Å². The fraction of sp³-hybridized carbons (Fsp3) is 0.429. The first kappa shape index (κ1) is 13.5. The van der Waals surface area contributed by atoms with Crippen molar-refractivity contribution in [2.75, 3.05) is 13.7 Å². The molecule has 1 fully saturated rings. The molecule has 0 bridgehead atoms. The smallest absolute Gasteiger partial charge is 0.337 e. The van der Waals surface area contributed by atoms with Crippen molar-refractivity contribution in [3.63, 3.8) is 0 Å². The second kappa shape index (κ2) is 6.33. The molecule has 0 spiro atoms. The van der Waals surface area contributed by atoms with Crippen LogP contribution in [0.2, 0.25) is 0 Å². The van der Waals surface area contributed by atoms with E-state index < -0.39 is 0 Å². The van der Waals surface area contributed by atoms with Crippen LogP contribution in [0.1, 0.15) is 28.8 Å². The summed E-state index contributed by atoms with van der Waals surface area (Å²) < 4.78 is 4.62. The Morgan fingerprint density at radius 1 is 1.37 bits per heavy atom. The summed E-state index contributed by atoms with van der Waals surface area (Å²) >= 11 is 0. The monoisotopic (exact) mass is 262 g/mol. The van der Waals surface area contributed by atoms with Crippen molar-refractivity contribution < 1.29 is 14.3 Å². The third-order valence-corrected chi connectivity index (χ3v) is 3.22. The number of rotatable bonds is 4. The van der Waals surface area contributed by atoms with Gasteiger partial charge in [-0.05, 0) is 37.1 Å². The number of hydrogen-bond acceptors (Lipinski definition) is 4. The van der Waals surface area contributed by atoms with E-state index >= 15 is 0 Å². The topological polar surface area (TPSA) is 67.4 Å². The first-order valence-electron chi connectivity index (χ1n) is 6.39. The molecule has 2 N–H and O–H groups in total. The van der Waals surface area contributed by atoms with Gasteiger partial charge in [0.2, 0.25) is 5.91 Å². The molecule has 1 atom stereocenters. The maximum Gasteiger partial charge on any atom is 0.337 e. The lowest BCUT2D eigenvalue weighted by Crippen LogP contribution is -2.39.